The minimum Gasteiger partial charge on any atom is -0.472 e. The van der Waals surface area contributed by atoms with E-state index >= 15 is 0 Å². The lowest BCUT2D eigenvalue weighted by molar-refractivity contribution is -0.142. The monoisotopic (exact) mass is 409 g/mol. The highest BCUT2D eigenvalue weighted by Crippen LogP contribution is 2.20. The number of rotatable bonds is 7. The highest BCUT2D eigenvalue weighted by Gasteiger charge is 2.24. The predicted octanol–water partition coefficient (Wildman–Crippen LogP) is 2.24. The molecule has 1 fully saturated rings. The average Bonchev–Trinajstić information content (AvgIpc) is 3.43. The number of H-pyrrole nitrogens is 1. The van der Waals surface area contributed by atoms with Crippen molar-refractivity contribution in [2.24, 2.45) is 0 Å². The van der Waals surface area contributed by atoms with Crippen LogP contribution in [0.1, 0.15) is 22.3 Å². The number of amides is 1. The van der Waals surface area contributed by atoms with Crippen LogP contribution in [0, 0.1) is 0 Å². The van der Waals surface area contributed by atoms with Crippen LogP contribution in [0.5, 0.6) is 5.88 Å². The van der Waals surface area contributed by atoms with Crippen LogP contribution in [0.2, 0.25) is 0 Å². The Hall–Kier alpha value is -3.39. The zero-order valence-corrected chi connectivity index (χ0v) is 16.6. The van der Waals surface area contributed by atoms with Gasteiger partial charge < -0.3 is 24.5 Å². The molecule has 0 bridgehead atoms. The number of aromatic nitrogens is 2. The number of hydrogen-bond donors (Lipinski definition) is 2. The molecule has 2 N–H and O–H groups in total. The van der Waals surface area contributed by atoms with Gasteiger partial charge in [-0.1, -0.05) is 18.2 Å². The Labute approximate surface area is 173 Å². The molecule has 1 aromatic carbocycles. The van der Waals surface area contributed by atoms with Crippen molar-refractivity contribution in [2.75, 3.05) is 20.3 Å². The molecule has 156 valence electrons. The smallest absolute Gasteiger partial charge is 0.328 e. The summed E-state index contributed by atoms with van der Waals surface area (Å²) in [6.45, 7) is 1.16. The maximum absolute atomic E-state index is 12.8. The van der Waals surface area contributed by atoms with Gasteiger partial charge in [0.25, 0.3) is 5.91 Å². The minimum atomic E-state index is -0.831. The van der Waals surface area contributed by atoms with Gasteiger partial charge in [-0.25, -0.2) is 9.78 Å². The van der Waals surface area contributed by atoms with Crippen molar-refractivity contribution in [3.05, 3.63) is 59.9 Å². The van der Waals surface area contributed by atoms with E-state index in [-0.39, 0.29) is 6.10 Å². The maximum atomic E-state index is 12.8. The molecule has 2 unspecified atom stereocenters. The molecule has 0 spiro atoms. The molecule has 1 saturated heterocycles. The average molecular weight is 409 g/mol. The summed E-state index contributed by atoms with van der Waals surface area (Å²) in [6.07, 6.45) is 4.37. The van der Waals surface area contributed by atoms with Gasteiger partial charge in [-0.05, 0) is 17.7 Å². The summed E-state index contributed by atoms with van der Waals surface area (Å²) in [5.74, 6) is -0.563. The van der Waals surface area contributed by atoms with Crippen LogP contribution in [-0.4, -0.2) is 54.3 Å². The van der Waals surface area contributed by atoms with Crippen molar-refractivity contribution in [1.82, 2.24) is 15.3 Å². The number of nitrogens with one attached hydrogen (secondary N) is 2. The molecule has 4 rings (SSSR count). The Bertz CT molecular complexity index is 1040. The van der Waals surface area contributed by atoms with Gasteiger partial charge in [0.05, 0.1) is 20.3 Å². The van der Waals surface area contributed by atoms with Crippen LogP contribution in [0.3, 0.4) is 0 Å². The molecule has 3 heterocycles. The summed E-state index contributed by atoms with van der Waals surface area (Å²) in [7, 11) is 1.30. The van der Waals surface area contributed by atoms with E-state index in [0.29, 0.717) is 31.1 Å². The van der Waals surface area contributed by atoms with Crippen LogP contribution in [0.15, 0.2) is 48.8 Å². The summed E-state index contributed by atoms with van der Waals surface area (Å²) in [5.41, 5.74) is 2.24. The molecular weight excluding hydrogens is 386 g/mol. The van der Waals surface area contributed by atoms with Gasteiger partial charge in [-0.3, -0.25) is 4.79 Å². The van der Waals surface area contributed by atoms with E-state index < -0.39 is 17.9 Å². The number of carbonyl (C=O) groups excluding carboxylic acids is 2. The highest BCUT2D eigenvalue weighted by molar-refractivity contribution is 5.97. The van der Waals surface area contributed by atoms with Crippen molar-refractivity contribution in [2.45, 2.75) is 25.0 Å². The molecular formula is C22H23N3O5. The van der Waals surface area contributed by atoms with E-state index in [1.54, 1.807) is 12.1 Å². The number of ether oxygens (including phenoxy) is 3. The number of methoxy groups -OCH3 is 1. The summed E-state index contributed by atoms with van der Waals surface area (Å²) in [4.78, 5) is 32.5. The maximum Gasteiger partial charge on any atom is 0.328 e. The van der Waals surface area contributed by atoms with Gasteiger partial charge in [0.1, 0.15) is 12.1 Å². The molecule has 8 nitrogen and oxygen atoms in total. The summed E-state index contributed by atoms with van der Waals surface area (Å²) in [5, 5.41) is 3.77. The molecule has 0 saturated carbocycles. The fourth-order valence-corrected chi connectivity index (χ4v) is 3.49. The molecule has 8 heteroatoms. The Morgan fingerprint density at radius 2 is 2.20 bits per heavy atom. The lowest BCUT2D eigenvalue weighted by atomic mass is 10.0. The van der Waals surface area contributed by atoms with Crippen LogP contribution in [0.4, 0.5) is 0 Å². The van der Waals surface area contributed by atoms with Gasteiger partial charge >= 0.3 is 5.97 Å². The molecule has 2 aromatic heterocycles. The topological polar surface area (TPSA) is 103 Å². The number of hydrogen-bond acceptors (Lipinski definition) is 6. The SMILES string of the molecule is COC(=O)C(Cc1c[nH]c2ccccc12)NC(=O)c1ccnc(OC2CCOC2)c1. The van der Waals surface area contributed by atoms with Gasteiger partial charge in [0.15, 0.2) is 0 Å². The van der Waals surface area contributed by atoms with Crippen molar-refractivity contribution < 1.29 is 23.8 Å². The standard InChI is InChI=1S/C22H23N3O5/c1-28-22(27)19(10-15-12-24-18-5-3-2-4-17(15)18)25-21(26)14-6-8-23-20(11-14)30-16-7-9-29-13-16/h2-6,8,11-12,16,19,24H,7,9-10,13H2,1H3,(H,25,26). The molecule has 1 aliphatic heterocycles. The molecule has 1 amide bonds. The van der Waals surface area contributed by atoms with Gasteiger partial charge in [0.2, 0.25) is 5.88 Å². The lowest BCUT2D eigenvalue weighted by Gasteiger charge is -2.17. The highest BCUT2D eigenvalue weighted by atomic mass is 16.5. The zero-order chi connectivity index (χ0) is 20.9. The predicted molar refractivity (Wildman–Crippen MR) is 109 cm³/mol. The van der Waals surface area contributed by atoms with Gasteiger partial charge in [0, 0.05) is 47.8 Å². The first kappa shape index (κ1) is 19.9. The van der Waals surface area contributed by atoms with Crippen molar-refractivity contribution >= 4 is 22.8 Å². The molecule has 0 radical (unpaired) electrons. The van der Waals surface area contributed by atoms with Crippen LogP contribution in [-0.2, 0) is 20.7 Å². The molecule has 3 aromatic rings. The van der Waals surface area contributed by atoms with Gasteiger partial charge in [-0.15, -0.1) is 0 Å². The Balaban J connectivity index is 1.49. The third kappa shape index (κ3) is 4.44. The van der Waals surface area contributed by atoms with E-state index in [0.717, 1.165) is 22.9 Å². The Kier molecular flexibility index (Phi) is 5.94. The number of para-hydroxylation sites is 1. The number of nitrogens with zero attached hydrogens (tertiary/aromatic N) is 1. The Morgan fingerprint density at radius 1 is 1.33 bits per heavy atom. The number of carbonyl (C=O) groups is 2. The van der Waals surface area contributed by atoms with Crippen molar-refractivity contribution in [1.29, 1.82) is 0 Å². The van der Waals surface area contributed by atoms with Crippen LogP contribution >= 0.6 is 0 Å². The van der Waals surface area contributed by atoms with Gasteiger partial charge in [-0.2, -0.15) is 0 Å². The molecule has 0 aliphatic carbocycles. The largest absolute Gasteiger partial charge is 0.472 e. The first-order valence-corrected chi connectivity index (χ1v) is 9.78. The van der Waals surface area contributed by atoms with E-state index in [1.165, 1.54) is 13.3 Å². The number of aromatic amines is 1. The van der Waals surface area contributed by atoms with E-state index in [9.17, 15) is 9.59 Å². The second-order valence-corrected chi connectivity index (χ2v) is 7.10. The Morgan fingerprint density at radius 3 is 3.00 bits per heavy atom. The van der Waals surface area contributed by atoms with Crippen molar-refractivity contribution in [3.8, 4) is 5.88 Å². The summed E-state index contributed by atoms with van der Waals surface area (Å²) < 4.78 is 16.0. The zero-order valence-electron chi connectivity index (χ0n) is 16.6. The quantitative estimate of drug-likeness (QED) is 0.580. The summed E-state index contributed by atoms with van der Waals surface area (Å²) in [6, 6.07) is 10.1. The second-order valence-electron chi connectivity index (χ2n) is 7.10. The lowest BCUT2D eigenvalue weighted by Crippen LogP contribution is -2.43. The third-order valence-electron chi connectivity index (χ3n) is 5.06. The van der Waals surface area contributed by atoms with Crippen LogP contribution < -0.4 is 10.1 Å². The second kappa shape index (κ2) is 8.96. The van der Waals surface area contributed by atoms with Crippen LogP contribution in [0.25, 0.3) is 10.9 Å². The minimum absolute atomic E-state index is 0.0690. The fraction of sp³-hybridized carbons (Fsp3) is 0.318. The summed E-state index contributed by atoms with van der Waals surface area (Å²) >= 11 is 0. The van der Waals surface area contributed by atoms with Crippen molar-refractivity contribution in [3.63, 3.8) is 0 Å². The van der Waals surface area contributed by atoms with E-state index in [4.69, 9.17) is 14.2 Å². The first-order valence-electron chi connectivity index (χ1n) is 9.78. The molecule has 1 aliphatic rings. The first-order chi connectivity index (χ1) is 14.6. The fourth-order valence-electron chi connectivity index (χ4n) is 3.49. The number of fused-ring (bicyclic) bond motifs is 1. The number of esters is 1. The third-order valence-corrected chi connectivity index (χ3v) is 5.06. The van der Waals surface area contributed by atoms with E-state index in [2.05, 4.69) is 15.3 Å². The van der Waals surface area contributed by atoms with E-state index in [1.807, 2.05) is 30.5 Å². The molecule has 30 heavy (non-hydrogen) atoms. The number of benzene rings is 1. The number of pyridine rings is 1. The molecule has 2 atom stereocenters. The normalized spacial score (nSPS) is 16.9.